The van der Waals surface area contributed by atoms with Crippen LogP contribution in [0.3, 0.4) is 0 Å². The molecule has 1 atom stereocenters. The van der Waals surface area contributed by atoms with Gasteiger partial charge in [0.1, 0.15) is 5.75 Å². The minimum Gasteiger partial charge on any atom is -0.493 e. The van der Waals surface area contributed by atoms with Crippen molar-refractivity contribution in [2.75, 3.05) is 32.9 Å². The average molecular weight is 327 g/mol. The lowest BCUT2D eigenvalue weighted by Gasteiger charge is -2.22. The first kappa shape index (κ1) is 17.1. The van der Waals surface area contributed by atoms with Crippen molar-refractivity contribution >= 4 is 17.5 Å². The van der Waals surface area contributed by atoms with E-state index < -0.39 is 0 Å². The van der Waals surface area contributed by atoms with Crippen LogP contribution in [0.4, 0.5) is 0 Å². The third-order valence-electron chi connectivity index (χ3n) is 3.60. The van der Waals surface area contributed by atoms with Crippen molar-refractivity contribution in [3.63, 3.8) is 0 Å². The Morgan fingerprint density at radius 2 is 2.36 bits per heavy atom. The number of carbonyl (C=O) groups excluding carboxylic acids is 1. The van der Waals surface area contributed by atoms with Crippen molar-refractivity contribution in [1.29, 1.82) is 0 Å². The van der Waals surface area contributed by atoms with Crippen LogP contribution in [0.15, 0.2) is 18.2 Å². The van der Waals surface area contributed by atoms with Crippen molar-refractivity contribution in [2.45, 2.75) is 19.3 Å². The molecule has 1 saturated heterocycles. The highest BCUT2D eigenvalue weighted by molar-refractivity contribution is 6.30. The van der Waals surface area contributed by atoms with E-state index in [2.05, 4.69) is 5.32 Å². The fourth-order valence-corrected chi connectivity index (χ4v) is 2.53. The number of benzene rings is 1. The van der Waals surface area contributed by atoms with Crippen molar-refractivity contribution in [1.82, 2.24) is 5.32 Å². The van der Waals surface area contributed by atoms with Gasteiger partial charge in [0.05, 0.1) is 18.8 Å². The first-order valence-electron chi connectivity index (χ1n) is 7.69. The molecule has 1 aliphatic heterocycles. The lowest BCUT2D eigenvalue weighted by molar-refractivity contribution is 0.0536. The second kappa shape index (κ2) is 8.98. The summed E-state index contributed by atoms with van der Waals surface area (Å²) in [6.07, 6.45) is 2.86. The van der Waals surface area contributed by atoms with E-state index in [1.54, 1.807) is 18.2 Å². The summed E-state index contributed by atoms with van der Waals surface area (Å²) in [5, 5.41) is 3.49. The molecule has 1 heterocycles. The molecule has 1 aliphatic rings. The smallest absolute Gasteiger partial charge is 0.255 e. The lowest BCUT2D eigenvalue weighted by atomic mass is 10.0. The van der Waals surface area contributed by atoms with Gasteiger partial charge < -0.3 is 20.5 Å². The highest BCUT2D eigenvalue weighted by Gasteiger charge is 2.17. The number of nitrogens with one attached hydrogen (secondary N) is 1. The van der Waals surface area contributed by atoms with Gasteiger partial charge in [-0.3, -0.25) is 4.79 Å². The van der Waals surface area contributed by atoms with Gasteiger partial charge in [0, 0.05) is 18.2 Å². The Morgan fingerprint density at radius 3 is 3.09 bits per heavy atom. The molecule has 1 fully saturated rings. The van der Waals surface area contributed by atoms with Crippen molar-refractivity contribution < 1.29 is 14.3 Å². The molecular weight excluding hydrogens is 304 g/mol. The highest BCUT2D eigenvalue weighted by Crippen LogP contribution is 2.24. The first-order valence-corrected chi connectivity index (χ1v) is 8.07. The molecule has 0 radical (unpaired) electrons. The van der Waals surface area contributed by atoms with Crippen molar-refractivity contribution in [2.24, 2.45) is 11.7 Å². The van der Waals surface area contributed by atoms with Gasteiger partial charge in [0.2, 0.25) is 0 Å². The molecular formula is C16H23ClN2O3. The van der Waals surface area contributed by atoms with Crippen LogP contribution in [0, 0.1) is 5.92 Å². The largest absolute Gasteiger partial charge is 0.493 e. The van der Waals surface area contributed by atoms with E-state index in [1.807, 2.05) is 0 Å². The summed E-state index contributed by atoms with van der Waals surface area (Å²) in [5.41, 5.74) is 5.95. The molecule has 6 heteroatoms. The van der Waals surface area contributed by atoms with E-state index in [9.17, 15) is 4.79 Å². The number of carbonyl (C=O) groups is 1. The van der Waals surface area contributed by atoms with Crippen LogP contribution < -0.4 is 15.8 Å². The normalized spacial score (nSPS) is 18.0. The van der Waals surface area contributed by atoms with Crippen molar-refractivity contribution in [3.05, 3.63) is 28.8 Å². The van der Waals surface area contributed by atoms with Gasteiger partial charge in [0.25, 0.3) is 5.91 Å². The summed E-state index contributed by atoms with van der Waals surface area (Å²) < 4.78 is 11.0. The zero-order valence-corrected chi connectivity index (χ0v) is 13.4. The topological polar surface area (TPSA) is 73.6 Å². The Morgan fingerprint density at radius 1 is 1.50 bits per heavy atom. The molecule has 1 amide bonds. The van der Waals surface area contributed by atoms with Gasteiger partial charge in [-0.2, -0.15) is 0 Å². The zero-order valence-electron chi connectivity index (χ0n) is 12.6. The van der Waals surface area contributed by atoms with Crippen LogP contribution >= 0.6 is 11.6 Å². The van der Waals surface area contributed by atoms with E-state index in [1.165, 1.54) is 0 Å². The quantitative estimate of drug-likeness (QED) is 0.754. The van der Waals surface area contributed by atoms with Gasteiger partial charge in [-0.05, 0) is 49.9 Å². The van der Waals surface area contributed by atoms with Gasteiger partial charge >= 0.3 is 0 Å². The number of amides is 1. The molecule has 122 valence electrons. The molecule has 0 aliphatic carbocycles. The van der Waals surface area contributed by atoms with E-state index in [-0.39, 0.29) is 5.91 Å². The van der Waals surface area contributed by atoms with Gasteiger partial charge in [-0.15, -0.1) is 0 Å². The minimum atomic E-state index is -0.148. The Bertz CT molecular complexity index is 490. The number of rotatable bonds is 7. The maximum Gasteiger partial charge on any atom is 0.255 e. The second-order valence-electron chi connectivity index (χ2n) is 5.42. The lowest BCUT2D eigenvalue weighted by Crippen LogP contribution is -2.33. The molecule has 2 rings (SSSR count). The maximum absolute atomic E-state index is 12.4. The Labute approximate surface area is 136 Å². The molecule has 0 aromatic heterocycles. The number of halogens is 1. The second-order valence-corrected chi connectivity index (χ2v) is 5.86. The Kier molecular flexibility index (Phi) is 6.96. The van der Waals surface area contributed by atoms with E-state index in [0.29, 0.717) is 48.6 Å². The first-order chi connectivity index (χ1) is 10.7. The summed E-state index contributed by atoms with van der Waals surface area (Å²) in [4.78, 5) is 12.4. The highest BCUT2D eigenvalue weighted by atomic mass is 35.5. The van der Waals surface area contributed by atoms with Gasteiger partial charge in [0.15, 0.2) is 0 Å². The molecule has 1 aromatic carbocycles. The summed E-state index contributed by atoms with van der Waals surface area (Å²) in [6, 6.07) is 5.04. The van der Waals surface area contributed by atoms with E-state index in [0.717, 1.165) is 25.9 Å². The standard InChI is InChI=1S/C16H23ClN2O3/c17-13-4-5-14(15(9-13)22-8-2-6-18)16(20)19-10-12-3-1-7-21-11-12/h4-5,9,12H,1-3,6-8,10-11,18H2,(H,19,20)/t12-/m1/s1. The SMILES string of the molecule is NCCCOc1cc(Cl)ccc1C(=O)NC[C@H]1CCCOC1. The number of ether oxygens (including phenoxy) is 2. The molecule has 5 nitrogen and oxygen atoms in total. The number of hydrogen-bond acceptors (Lipinski definition) is 4. The fourth-order valence-electron chi connectivity index (χ4n) is 2.37. The Hall–Kier alpha value is -1.30. The monoisotopic (exact) mass is 326 g/mol. The van der Waals surface area contributed by atoms with E-state index in [4.69, 9.17) is 26.8 Å². The Balaban J connectivity index is 1.95. The molecule has 3 N–H and O–H groups in total. The van der Waals surface area contributed by atoms with E-state index >= 15 is 0 Å². The zero-order chi connectivity index (χ0) is 15.8. The maximum atomic E-state index is 12.4. The molecule has 0 saturated carbocycles. The van der Waals surface area contributed by atoms with Crippen molar-refractivity contribution in [3.8, 4) is 5.75 Å². The molecule has 0 unspecified atom stereocenters. The van der Waals surface area contributed by atoms with Crippen LogP contribution in [-0.4, -0.2) is 38.8 Å². The van der Waals surface area contributed by atoms with Gasteiger partial charge in [-0.25, -0.2) is 0 Å². The third-order valence-corrected chi connectivity index (χ3v) is 3.84. The average Bonchev–Trinajstić information content (AvgIpc) is 2.54. The van der Waals surface area contributed by atoms with Crippen LogP contribution in [0.1, 0.15) is 29.6 Å². The molecule has 22 heavy (non-hydrogen) atoms. The molecule has 1 aromatic rings. The minimum absolute atomic E-state index is 0.148. The predicted octanol–water partition coefficient (Wildman–Crippen LogP) is 2.22. The summed E-state index contributed by atoms with van der Waals surface area (Å²) in [5.74, 6) is 0.731. The molecule has 0 spiro atoms. The third kappa shape index (κ3) is 5.16. The van der Waals surface area contributed by atoms with Crippen LogP contribution in [-0.2, 0) is 4.74 Å². The summed E-state index contributed by atoms with van der Waals surface area (Å²) >= 11 is 5.98. The number of nitrogens with two attached hydrogens (primary N) is 1. The number of hydrogen-bond donors (Lipinski definition) is 2. The van der Waals surface area contributed by atoms with Crippen LogP contribution in [0.2, 0.25) is 5.02 Å². The van der Waals surface area contributed by atoms with Crippen LogP contribution in [0.25, 0.3) is 0 Å². The molecule has 0 bridgehead atoms. The van der Waals surface area contributed by atoms with Gasteiger partial charge in [-0.1, -0.05) is 11.6 Å². The summed E-state index contributed by atoms with van der Waals surface area (Å²) in [7, 11) is 0. The summed E-state index contributed by atoms with van der Waals surface area (Å²) in [6.45, 7) is 3.16. The fraction of sp³-hybridized carbons (Fsp3) is 0.562. The van der Waals surface area contributed by atoms with Crippen LogP contribution in [0.5, 0.6) is 5.75 Å². The predicted molar refractivity (Wildman–Crippen MR) is 86.5 cm³/mol.